The SMILES string of the molecule is COc1ccc(C(=O)N2CCC3CCC(C2)N3)cc1S(=O)(=O)N1CCCC1. The molecule has 2 bridgehead atoms. The van der Waals surface area contributed by atoms with E-state index in [9.17, 15) is 13.2 Å². The first-order valence-corrected chi connectivity index (χ1v) is 11.2. The Balaban J connectivity index is 1.62. The Bertz CT molecular complexity index is 820. The summed E-state index contributed by atoms with van der Waals surface area (Å²) in [5.74, 6) is 0.180. The maximum atomic E-state index is 13.1. The van der Waals surface area contributed by atoms with Crippen molar-refractivity contribution in [2.75, 3.05) is 33.3 Å². The van der Waals surface area contributed by atoms with Gasteiger partial charge in [0.05, 0.1) is 7.11 Å². The van der Waals surface area contributed by atoms with Crippen LogP contribution in [0.4, 0.5) is 0 Å². The summed E-state index contributed by atoms with van der Waals surface area (Å²) in [5.41, 5.74) is 0.409. The molecule has 0 spiro atoms. The van der Waals surface area contributed by atoms with Crippen molar-refractivity contribution in [2.45, 2.75) is 49.1 Å². The summed E-state index contributed by atoms with van der Waals surface area (Å²) in [6.07, 6.45) is 4.93. The van der Waals surface area contributed by atoms with Gasteiger partial charge in [0.1, 0.15) is 10.6 Å². The fourth-order valence-electron chi connectivity index (χ4n) is 4.39. The van der Waals surface area contributed by atoms with E-state index in [2.05, 4.69) is 5.32 Å². The number of nitrogens with one attached hydrogen (secondary N) is 1. The average molecular weight is 394 g/mol. The Morgan fingerprint density at radius 3 is 2.59 bits per heavy atom. The van der Waals surface area contributed by atoms with Gasteiger partial charge in [-0.2, -0.15) is 4.31 Å². The molecule has 2 unspecified atom stereocenters. The van der Waals surface area contributed by atoms with Gasteiger partial charge in [0, 0.05) is 43.8 Å². The third kappa shape index (κ3) is 3.58. The molecule has 3 fully saturated rings. The lowest BCUT2D eigenvalue weighted by Gasteiger charge is -2.25. The third-order valence-corrected chi connectivity index (χ3v) is 7.82. The van der Waals surface area contributed by atoms with Gasteiger partial charge < -0.3 is 15.0 Å². The highest BCUT2D eigenvalue weighted by Crippen LogP contribution is 2.30. The summed E-state index contributed by atoms with van der Waals surface area (Å²) in [6, 6.07) is 5.59. The van der Waals surface area contributed by atoms with E-state index in [0.717, 1.165) is 25.7 Å². The van der Waals surface area contributed by atoms with Gasteiger partial charge in [-0.05, 0) is 50.3 Å². The lowest BCUT2D eigenvalue weighted by atomic mass is 10.1. The van der Waals surface area contributed by atoms with Crippen LogP contribution in [-0.4, -0.2) is 68.9 Å². The third-order valence-electron chi connectivity index (χ3n) is 5.90. The van der Waals surface area contributed by atoms with Crippen LogP contribution in [0.1, 0.15) is 42.5 Å². The minimum absolute atomic E-state index is 0.0900. The maximum absolute atomic E-state index is 13.1. The van der Waals surface area contributed by atoms with Gasteiger partial charge in [-0.3, -0.25) is 4.79 Å². The number of fused-ring (bicyclic) bond motifs is 2. The quantitative estimate of drug-likeness (QED) is 0.838. The van der Waals surface area contributed by atoms with E-state index >= 15 is 0 Å². The molecule has 4 rings (SSSR count). The Labute approximate surface area is 160 Å². The Kier molecular flexibility index (Phi) is 5.13. The largest absolute Gasteiger partial charge is 0.495 e. The van der Waals surface area contributed by atoms with E-state index in [1.165, 1.54) is 23.9 Å². The summed E-state index contributed by atoms with van der Waals surface area (Å²) in [4.78, 5) is 15.0. The first kappa shape index (κ1) is 18.7. The number of carbonyl (C=O) groups excluding carboxylic acids is 1. The molecule has 1 aromatic rings. The molecule has 3 saturated heterocycles. The molecule has 1 amide bonds. The van der Waals surface area contributed by atoms with Crippen molar-refractivity contribution in [1.29, 1.82) is 0 Å². The molecule has 1 N–H and O–H groups in total. The Morgan fingerprint density at radius 2 is 1.85 bits per heavy atom. The number of likely N-dealkylation sites (tertiary alicyclic amines) is 1. The summed E-state index contributed by atoms with van der Waals surface area (Å²) in [5, 5.41) is 3.56. The molecule has 3 aliphatic rings. The molecule has 3 aliphatic heterocycles. The fraction of sp³-hybridized carbons (Fsp3) is 0.632. The summed E-state index contributed by atoms with van der Waals surface area (Å²) < 4.78 is 32.8. The first-order chi connectivity index (χ1) is 13.0. The molecule has 0 aliphatic carbocycles. The van der Waals surface area contributed by atoms with Crippen molar-refractivity contribution in [2.24, 2.45) is 0 Å². The summed E-state index contributed by atoms with van der Waals surface area (Å²) in [7, 11) is -2.20. The molecular formula is C19H27N3O4S. The van der Waals surface area contributed by atoms with Crippen molar-refractivity contribution in [3.63, 3.8) is 0 Å². The lowest BCUT2D eigenvalue weighted by Crippen LogP contribution is -2.39. The number of hydrogen-bond acceptors (Lipinski definition) is 5. The standard InChI is InChI=1S/C19H27N3O4S/c1-26-17-7-4-14(12-18(17)27(24,25)22-9-2-3-10-22)19(23)21-11-8-15-5-6-16(13-21)20-15/h4,7,12,15-16,20H,2-3,5-6,8-11,13H2,1H3. The molecule has 2 atom stereocenters. The highest BCUT2D eigenvalue weighted by atomic mass is 32.2. The number of carbonyl (C=O) groups is 1. The van der Waals surface area contributed by atoms with Crippen LogP contribution < -0.4 is 10.1 Å². The van der Waals surface area contributed by atoms with Crippen molar-refractivity contribution in [3.8, 4) is 5.75 Å². The highest BCUT2D eigenvalue weighted by Gasteiger charge is 2.33. The van der Waals surface area contributed by atoms with Crippen LogP contribution >= 0.6 is 0 Å². The predicted molar refractivity (Wildman–Crippen MR) is 101 cm³/mol. The number of benzene rings is 1. The fourth-order valence-corrected chi connectivity index (χ4v) is 6.09. The van der Waals surface area contributed by atoms with E-state index in [1.54, 1.807) is 12.1 Å². The van der Waals surface area contributed by atoms with Gasteiger partial charge in [-0.25, -0.2) is 8.42 Å². The average Bonchev–Trinajstić information content (AvgIpc) is 3.31. The minimum atomic E-state index is -3.66. The zero-order valence-corrected chi connectivity index (χ0v) is 16.5. The van der Waals surface area contributed by atoms with E-state index < -0.39 is 10.0 Å². The van der Waals surface area contributed by atoms with Crippen molar-refractivity contribution in [3.05, 3.63) is 23.8 Å². The van der Waals surface area contributed by atoms with Crippen molar-refractivity contribution >= 4 is 15.9 Å². The topological polar surface area (TPSA) is 79.0 Å². The molecule has 0 saturated carbocycles. The van der Waals surface area contributed by atoms with Crippen LogP contribution in [0, 0.1) is 0 Å². The van der Waals surface area contributed by atoms with Gasteiger partial charge in [0.25, 0.3) is 5.91 Å². The number of amides is 1. The molecule has 0 radical (unpaired) electrons. The van der Waals surface area contributed by atoms with Crippen LogP contribution in [0.3, 0.4) is 0 Å². The monoisotopic (exact) mass is 393 g/mol. The number of sulfonamides is 1. The van der Waals surface area contributed by atoms with E-state index in [4.69, 9.17) is 4.74 Å². The molecule has 0 aromatic heterocycles. The maximum Gasteiger partial charge on any atom is 0.253 e. The number of methoxy groups -OCH3 is 1. The van der Waals surface area contributed by atoms with Crippen molar-refractivity contribution in [1.82, 2.24) is 14.5 Å². The second-order valence-corrected chi connectivity index (χ2v) is 9.56. The van der Waals surface area contributed by atoms with Crippen LogP contribution in [0.2, 0.25) is 0 Å². The predicted octanol–water partition coefficient (Wildman–Crippen LogP) is 1.45. The number of nitrogens with zero attached hydrogens (tertiary/aromatic N) is 2. The molecular weight excluding hydrogens is 366 g/mol. The number of rotatable bonds is 4. The van der Waals surface area contributed by atoms with Gasteiger partial charge in [-0.1, -0.05) is 0 Å². The molecule has 7 nitrogen and oxygen atoms in total. The van der Waals surface area contributed by atoms with E-state index in [1.807, 2.05) is 4.90 Å². The zero-order valence-electron chi connectivity index (χ0n) is 15.7. The molecule has 8 heteroatoms. The normalized spacial score (nSPS) is 26.2. The molecule has 1 aromatic carbocycles. The number of ether oxygens (including phenoxy) is 1. The highest BCUT2D eigenvalue weighted by molar-refractivity contribution is 7.89. The second-order valence-electron chi connectivity index (χ2n) is 7.65. The Hall–Kier alpha value is -1.64. The van der Waals surface area contributed by atoms with Gasteiger partial charge in [-0.15, -0.1) is 0 Å². The van der Waals surface area contributed by atoms with Gasteiger partial charge >= 0.3 is 0 Å². The second kappa shape index (κ2) is 7.41. The summed E-state index contributed by atoms with van der Waals surface area (Å²) in [6.45, 7) is 2.41. The molecule has 27 heavy (non-hydrogen) atoms. The number of hydrogen-bond donors (Lipinski definition) is 1. The van der Waals surface area contributed by atoms with E-state index in [0.29, 0.717) is 43.8 Å². The first-order valence-electron chi connectivity index (χ1n) is 9.72. The van der Waals surface area contributed by atoms with Gasteiger partial charge in [0.15, 0.2) is 0 Å². The zero-order chi connectivity index (χ0) is 19.0. The van der Waals surface area contributed by atoms with Crippen molar-refractivity contribution < 1.29 is 17.9 Å². The smallest absolute Gasteiger partial charge is 0.253 e. The van der Waals surface area contributed by atoms with Crippen LogP contribution in [-0.2, 0) is 10.0 Å². The lowest BCUT2D eigenvalue weighted by molar-refractivity contribution is 0.0748. The van der Waals surface area contributed by atoms with Crippen LogP contribution in [0.5, 0.6) is 5.75 Å². The van der Waals surface area contributed by atoms with Crippen LogP contribution in [0.15, 0.2) is 23.1 Å². The summed E-state index contributed by atoms with van der Waals surface area (Å²) >= 11 is 0. The minimum Gasteiger partial charge on any atom is -0.495 e. The molecule has 3 heterocycles. The van der Waals surface area contributed by atoms with Gasteiger partial charge in [0.2, 0.25) is 10.0 Å². The Morgan fingerprint density at radius 1 is 1.11 bits per heavy atom. The van der Waals surface area contributed by atoms with E-state index in [-0.39, 0.29) is 16.6 Å². The molecule has 148 valence electrons. The van der Waals surface area contributed by atoms with Crippen LogP contribution in [0.25, 0.3) is 0 Å².